The summed E-state index contributed by atoms with van der Waals surface area (Å²) in [5, 5.41) is 0. The molecule has 2 aromatic carbocycles. The van der Waals surface area contributed by atoms with Crippen molar-refractivity contribution in [2.45, 2.75) is 33.9 Å². The molecule has 7 heteroatoms. The van der Waals surface area contributed by atoms with Gasteiger partial charge in [0.2, 0.25) is 5.95 Å². The molecule has 0 unspecified atom stereocenters. The van der Waals surface area contributed by atoms with E-state index in [0.29, 0.717) is 29.6 Å². The van der Waals surface area contributed by atoms with Crippen molar-refractivity contribution < 1.29 is 0 Å². The van der Waals surface area contributed by atoms with Crippen LogP contribution in [0.1, 0.15) is 23.6 Å². The topological polar surface area (TPSA) is 65.1 Å². The summed E-state index contributed by atoms with van der Waals surface area (Å²) in [6.07, 6.45) is 0. The van der Waals surface area contributed by atoms with Crippen molar-refractivity contribution in [1.29, 1.82) is 0 Å². The summed E-state index contributed by atoms with van der Waals surface area (Å²) in [5.74, 6) is 1.03. The SMILES string of the molecule is Cc1ccc(N2C[C@H](C)Cn3c2nc2c3c(=O)n(Cc3ccccc3C)c(=O)n2C)cc1. The molecule has 0 saturated carbocycles. The van der Waals surface area contributed by atoms with E-state index in [4.69, 9.17) is 4.98 Å². The van der Waals surface area contributed by atoms with Gasteiger partial charge < -0.3 is 9.47 Å². The van der Waals surface area contributed by atoms with Crippen LogP contribution in [0, 0.1) is 19.8 Å². The summed E-state index contributed by atoms with van der Waals surface area (Å²) in [7, 11) is 1.69. The fraction of sp³-hybridized carbons (Fsp3) is 0.320. The van der Waals surface area contributed by atoms with Gasteiger partial charge in [0, 0.05) is 25.8 Å². The molecule has 0 radical (unpaired) electrons. The first-order valence-corrected chi connectivity index (χ1v) is 10.9. The van der Waals surface area contributed by atoms with Crippen molar-refractivity contribution in [2.75, 3.05) is 11.4 Å². The van der Waals surface area contributed by atoms with Crippen LogP contribution in [0.4, 0.5) is 11.6 Å². The number of benzene rings is 2. The lowest BCUT2D eigenvalue weighted by atomic mass is 10.1. The molecule has 0 saturated heterocycles. The van der Waals surface area contributed by atoms with Crippen molar-refractivity contribution in [1.82, 2.24) is 18.7 Å². The van der Waals surface area contributed by atoms with E-state index in [1.54, 1.807) is 7.05 Å². The van der Waals surface area contributed by atoms with E-state index >= 15 is 0 Å². The average molecular weight is 430 g/mol. The smallest absolute Gasteiger partial charge is 0.312 e. The van der Waals surface area contributed by atoms with E-state index in [1.165, 1.54) is 14.7 Å². The van der Waals surface area contributed by atoms with Crippen LogP contribution in [0.3, 0.4) is 0 Å². The van der Waals surface area contributed by atoms with Gasteiger partial charge in [-0.15, -0.1) is 0 Å². The fourth-order valence-corrected chi connectivity index (χ4v) is 4.54. The molecule has 4 aromatic rings. The molecule has 7 nitrogen and oxygen atoms in total. The van der Waals surface area contributed by atoms with Crippen molar-refractivity contribution in [3.63, 3.8) is 0 Å². The zero-order valence-electron chi connectivity index (χ0n) is 18.9. The standard InChI is InChI=1S/C25H27N5O2/c1-16-9-11-20(12-10-16)28-13-17(2)14-29-21-22(26-24(28)29)27(4)25(32)30(23(21)31)15-19-8-6-5-7-18(19)3/h5-12,17H,13-15H2,1-4H3/t17-/m0/s1. The zero-order valence-corrected chi connectivity index (χ0v) is 18.9. The van der Waals surface area contributed by atoms with E-state index < -0.39 is 0 Å². The second-order valence-corrected chi connectivity index (χ2v) is 8.91. The monoisotopic (exact) mass is 429 g/mol. The zero-order chi connectivity index (χ0) is 22.6. The van der Waals surface area contributed by atoms with Gasteiger partial charge in [-0.2, -0.15) is 4.98 Å². The van der Waals surface area contributed by atoms with Gasteiger partial charge in [0.25, 0.3) is 5.56 Å². The molecule has 2 aromatic heterocycles. The second-order valence-electron chi connectivity index (χ2n) is 8.91. The summed E-state index contributed by atoms with van der Waals surface area (Å²) in [6.45, 7) is 7.95. The minimum absolute atomic E-state index is 0.242. The van der Waals surface area contributed by atoms with Gasteiger partial charge in [-0.25, -0.2) is 4.79 Å². The van der Waals surface area contributed by atoms with Crippen LogP contribution in [0.5, 0.6) is 0 Å². The molecule has 1 aliphatic rings. The highest BCUT2D eigenvalue weighted by molar-refractivity contribution is 5.77. The Kier molecular flexibility index (Phi) is 4.77. The van der Waals surface area contributed by atoms with Crippen LogP contribution in [0.25, 0.3) is 11.2 Å². The minimum atomic E-state index is -0.351. The van der Waals surface area contributed by atoms with Crippen molar-refractivity contribution in [2.24, 2.45) is 13.0 Å². The van der Waals surface area contributed by atoms with Gasteiger partial charge in [-0.1, -0.05) is 48.9 Å². The van der Waals surface area contributed by atoms with Gasteiger partial charge in [-0.3, -0.25) is 13.9 Å². The van der Waals surface area contributed by atoms with Crippen LogP contribution in [-0.2, 0) is 20.1 Å². The lowest BCUT2D eigenvalue weighted by Crippen LogP contribution is -2.40. The molecule has 0 aliphatic carbocycles. The molecule has 0 fully saturated rings. The van der Waals surface area contributed by atoms with E-state index in [9.17, 15) is 9.59 Å². The first kappa shape index (κ1) is 20.3. The minimum Gasteiger partial charge on any atom is -0.312 e. The first-order chi connectivity index (χ1) is 15.3. The third kappa shape index (κ3) is 3.16. The number of fused-ring (bicyclic) bond motifs is 3. The van der Waals surface area contributed by atoms with Crippen LogP contribution in [0.2, 0.25) is 0 Å². The molecule has 1 atom stereocenters. The molecule has 32 heavy (non-hydrogen) atoms. The second kappa shape index (κ2) is 7.51. The van der Waals surface area contributed by atoms with Crippen molar-refractivity contribution in [3.05, 3.63) is 86.1 Å². The first-order valence-electron chi connectivity index (χ1n) is 10.9. The number of aryl methyl sites for hydroxylation is 3. The van der Waals surface area contributed by atoms with E-state index in [1.807, 2.05) is 35.8 Å². The molecule has 0 amide bonds. The molecular formula is C25H27N5O2. The number of hydrogen-bond donors (Lipinski definition) is 0. The number of nitrogens with zero attached hydrogens (tertiary/aromatic N) is 5. The molecule has 0 N–H and O–H groups in total. The highest BCUT2D eigenvalue weighted by Crippen LogP contribution is 2.32. The van der Waals surface area contributed by atoms with Crippen molar-refractivity contribution >= 4 is 22.8 Å². The normalized spacial score (nSPS) is 15.9. The van der Waals surface area contributed by atoms with Gasteiger partial charge in [0.15, 0.2) is 11.2 Å². The Labute approximate surface area is 186 Å². The summed E-state index contributed by atoms with van der Waals surface area (Å²) in [5.41, 5.74) is 4.51. The fourth-order valence-electron chi connectivity index (χ4n) is 4.54. The van der Waals surface area contributed by atoms with E-state index in [0.717, 1.165) is 23.4 Å². The largest absolute Gasteiger partial charge is 0.332 e. The Morgan fingerprint density at radius 1 is 1.00 bits per heavy atom. The van der Waals surface area contributed by atoms with Gasteiger partial charge in [-0.05, 0) is 43.0 Å². The maximum Gasteiger partial charge on any atom is 0.332 e. The number of anilines is 2. The third-order valence-corrected chi connectivity index (χ3v) is 6.38. The Morgan fingerprint density at radius 3 is 2.44 bits per heavy atom. The molecule has 5 rings (SSSR count). The van der Waals surface area contributed by atoms with Crippen LogP contribution < -0.4 is 16.1 Å². The number of hydrogen-bond acceptors (Lipinski definition) is 4. The predicted molar refractivity (Wildman–Crippen MR) is 127 cm³/mol. The van der Waals surface area contributed by atoms with Gasteiger partial charge in [0.1, 0.15) is 0 Å². The summed E-state index contributed by atoms with van der Waals surface area (Å²) in [4.78, 5) is 33.7. The maximum absolute atomic E-state index is 13.6. The molecule has 164 valence electrons. The lowest BCUT2D eigenvalue weighted by molar-refractivity contribution is 0.458. The number of rotatable bonds is 3. The molecule has 0 bridgehead atoms. The highest BCUT2D eigenvalue weighted by Gasteiger charge is 2.29. The Balaban J connectivity index is 1.73. The Morgan fingerprint density at radius 2 is 1.72 bits per heavy atom. The van der Waals surface area contributed by atoms with Gasteiger partial charge in [0.05, 0.1) is 6.54 Å². The van der Waals surface area contributed by atoms with Gasteiger partial charge >= 0.3 is 5.69 Å². The number of imidazole rings is 1. The van der Waals surface area contributed by atoms with E-state index in [-0.39, 0.29) is 17.8 Å². The van der Waals surface area contributed by atoms with Crippen LogP contribution in [-0.4, -0.2) is 25.2 Å². The average Bonchev–Trinajstić information content (AvgIpc) is 3.16. The van der Waals surface area contributed by atoms with E-state index in [2.05, 4.69) is 43.0 Å². The summed E-state index contributed by atoms with van der Waals surface area (Å²) in [6, 6.07) is 16.1. The summed E-state index contributed by atoms with van der Waals surface area (Å²) >= 11 is 0. The predicted octanol–water partition coefficient (Wildman–Crippen LogP) is 3.35. The highest BCUT2D eigenvalue weighted by atomic mass is 16.2. The summed E-state index contributed by atoms with van der Waals surface area (Å²) < 4.78 is 4.81. The number of aromatic nitrogens is 4. The molecule has 1 aliphatic heterocycles. The molecule has 0 spiro atoms. The van der Waals surface area contributed by atoms with Crippen molar-refractivity contribution in [3.8, 4) is 0 Å². The molecule has 3 heterocycles. The quantitative estimate of drug-likeness (QED) is 0.501. The maximum atomic E-state index is 13.6. The van der Waals surface area contributed by atoms with Crippen LogP contribution >= 0.6 is 0 Å². The third-order valence-electron chi connectivity index (χ3n) is 6.38. The Hall–Kier alpha value is -3.61. The lowest BCUT2D eigenvalue weighted by Gasteiger charge is -2.33. The van der Waals surface area contributed by atoms with Crippen LogP contribution in [0.15, 0.2) is 58.1 Å². The Bertz CT molecular complexity index is 1440. The molecular weight excluding hydrogens is 402 g/mol.